The summed E-state index contributed by atoms with van der Waals surface area (Å²) >= 11 is 1.37. The van der Waals surface area contributed by atoms with Crippen LogP contribution < -0.4 is 5.32 Å². The van der Waals surface area contributed by atoms with Gasteiger partial charge in [-0.15, -0.1) is 10.2 Å². The Hall–Kier alpha value is -2.28. The Balaban J connectivity index is 1.80. The van der Waals surface area contributed by atoms with Gasteiger partial charge in [0.1, 0.15) is 5.01 Å². The number of aromatic nitrogens is 2. The Labute approximate surface area is 163 Å². The third kappa shape index (κ3) is 4.91. The van der Waals surface area contributed by atoms with Gasteiger partial charge in [0.15, 0.2) is 0 Å². The first-order valence-corrected chi connectivity index (χ1v) is 10.2. The molecule has 1 aromatic carbocycles. The molecule has 0 spiro atoms. The van der Waals surface area contributed by atoms with Crippen molar-refractivity contribution in [3.8, 4) is 0 Å². The normalized spacial score (nSPS) is 16.8. The number of hydrogen-bond donors (Lipinski definition) is 2. The lowest BCUT2D eigenvalue weighted by Crippen LogP contribution is -2.35. The molecular formula is C20H25N3O3S. The Bertz CT molecular complexity index is 785. The molecule has 144 valence electrons. The zero-order valence-electron chi connectivity index (χ0n) is 15.5. The van der Waals surface area contributed by atoms with Crippen LogP contribution in [-0.2, 0) is 9.59 Å². The number of nitrogens with one attached hydrogen (secondary N) is 1. The Morgan fingerprint density at radius 1 is 1.22 bits per heavy atom. The second-order valence-electron chi connectivity index (χ2n) is 7.31. The second kappa shape index (κ2) is 8.61. The molecule has 2 N–H and O–H groups in total. The molecule has 27 heavy (non-hydrogen) atoms. The summed E-state index contributed by atoms with van der Waals surface area (Å²) in [4.78, 5) is 24.3. The molecule has 1 heterocycles. The number of nitrogens with zero attached hydrogens (tertiary/aromatic N) is 2. The van der Waals surface area contributed by atoms with Gasteiger partial charge in [-0.1, -0.05) is 54.5 Å². The monoisotopic (exact) mass is 387 g/mol. The summed E-state index contributed by atoms with van der Waals surface area (Å²) < 4.78 is 0. The van der Waals surface area contributed by atoms with Gasteiger partial charge in [-0.2, -0.15) is 0 Å². The van der Waals surface area contributed by atoms with Crippen LogP contribution in [0.2, 0.25) is 0 Å². The van der Waals surface area contributed by atoms with Gasteiger partial charge in [-0.05, 0) is 44.1 Å². The van der Waals surface area contributed by atoms with Crippen molar-refractivity contribution in [1.82, 2.24) is 10.2 Å². The first-order chi connectivity index (χ1) is 13.0. The first kappa shape index (κ1) is 19.5. The number of rotatable bonds is 8. The molecule has 0 aliphatic heterocycles. The van der Waals surface area contributed by atoms with Crippen molar-refractivity contribution in [3.63, 3.8) is 0 Å². The van der Waals surface area contributed by atoms with Crippen molar-refractivity contribution in [2.45, 2.75) is 57.8 Å². The minimum atomic E-state index is -0.801. The lowest BCUT2D eigenvalue weighted by Gasteiger charge is -2.31. The van der Waals surface area contributed by atoms with Crippen molar-refractivity contribution in [1.29, 1.82) is 0 Å². The molecule has 1 amide bonds. The third-order valence-corrected chi connectivity index (χ3v) is 6.16. The van der Waals surface area contributed by atoms with E-state index in [1.807, 2.05) is 37.3 Å². The van der Waals surface area contributed by atoms with Crippen molar-refractivity contribution in [2.24, 2.45) is 5.41 Å². The maximum Gasteiger partial charge on any atom is 0.303 e. The third-order valence-electron chi connectivity index (χ3n) is 5.40. The summed E-state index contributed by atoms with van der Waals surface area (Å²) in [6.07, 6.45) is 4.99. The van der Waals surface area contributed by atoms with Gasteiger partial charge in [0.05, 0.1) is 5.41 Å². The predicted molar refractivity (Wildman–Crippen MR) is 105 cm³/mol. The van der Waals surface area contributed by atoms with E-state index in [1.54, 1.807) is 0 Å². The number of carboxylic acid groups (broad SMARTS) is 1. The van der Waals surface area contributed by atoms with Crippen LogP contribution in [0.15, 0.2) is 30.3 Å². The van der Waals surface area contributed by atoms with Crippen molar-refractivity contribution in [3.05, 3.63) is 40.9 Å². The molecule has 1 saturated carbocycles. The highest BCUT2D eigenvalue weighted by atomic mass is 32.1. The van der Waals surface area contributed by atoms with Crippen LogP contribution in [0, 0.1) is 12.3 Å². The molecule has 0 saturated heterocycles. The number of aryl methyl sites for hydroxylation is 1. The molecule has 1 unspecified atom stereocenters. The molecule has 1 aliphatic carbocycles. The van der Waals surface area contributed by atoms with Crippen LogP contribution in [0.25, 0.3) is 0 Å². The highest BCUT2D eigenvalue weighted by Gasteiger charge is 2.43. The highest BCUT2D eigenvalue weighted by molar-refractivity contribution is 7.15. The fourth-order valence-electron chi connectivity index (χ4n) is 4.03. The quantitative estimate of drug-likeness (QED) is 0.701. The number of carboxylic acids is 1. The Kier molecular flexibility index (Phi) is 6.21. The lowest BCUT2D eigenvalue weighted by atomic mass is 9.73. The van der Waals surface area contributed by atoms with E-state index in [0.717, 1.165) is 36.3 Å². The van der Waals surface area contributed by atoms with E-state index in [9.17, 15) is 9.59 Å². The Morgan fingerprint density at radius 2 is 1.93 bits per heavy atom. The molecule has 2 aromatic rings. The van der Waals surface area contributed by atoms with E-state index >= 15 is 0 Å². The van der Waals surface area contributed by atoms with Gasteiger partial charge >= 0.3 is 5.97 Å². The van der Waals surface area contributed by atoms with Crippen LogP contribution in [0.5, 0.6) is 0 Å². The predicted octanol–water partition coefficient (Wildman–Crippen LogP) is 4.38. The number of amides is 1. The lowest BCUT2D eigenvalue weighted by molar-refractivity contribution is -0.137. The van der Waals surface area contributed by atoms with Crippen molar-refractivity contribution in [2.75, 3.05) is 5.32 Å². The second-order valence-corrected chi connectivity index (χ2v) is 8.49. The SMILES string of the molecule is Cc1nnc(NC(=O)C2(CC(CCC(=O)O)c3ccccc3)CCCC2)s1. The number of anilines is 1. The zero-order chi connectivity index (χ0) is 19.3. The van der Waals surface area contributed by atoms with Gasteiger partial charge in [0.2, 0.25) is 11.0 Å². The molecule has 1 aliphatic rings. The van der Waals surface area contributed by atoms with E-state index in [0.29, 0.717) is 18.0 Å². The summed E-state index contributed by atoms with van der Waals surface area (Å²) in [6, 6.07) is 9.94. The van der Waals surface area contributed by atoms with Gasteiger partial charge in [-0.3, -0.25) is 9.59 Å². The first-order valence-electron chi connectivity index (χ1n) is 9.37. The van der Waals surface area contributed by atoms with E-state index in [-0.39, 0.29) is 18.2 Å². The minimum Gasteiger partial charge on any atom is -0.481 e. The summed E-state index contributed by atoms with van der Waals surface area (Å²) in [5, 5.41) is 21.4. The van der Waals surface area contributed by atoms with Crippen LogP contribution in [0.3, 0.4) is 0 Å². The van der Waals surface area contributed by atoms with Crippen LogP contribution in [-0.4, -0.2) is 27.2 Å². The average Bonchev–Trinajstić information content (AvgIpc) is 3.29. The fourth-order valence-corrected chi connectivity index (χ4v) is 4.62. The van der Waals surface area contributed by atoms with Gasteiger partial charge < -0.3 is 10.4 Å². The summed E-state index contributed by atoms with van der Waals surface area (Å²) in [6.45, 7) is 1.86. The maximum absolute atomic E-state index is 13.2. The number of aliphatic carboxylic acids is 1. The molecule has 6 nitrogen and oxygen atoms in total. The average molecular weight is 388 g/mol. The fraction of sp³-hybridized carbons (Fsp3) is 0.500. The van der Waals surface area contributed by atoms with Crippen LogP contribution >= 0.6 is 11.3 Å². The summed E-state index contributed by atoms with van der Waals surface area (Å²) in [7, 11) is 0. The summed E-state index contributed by atoms with van der Waals surface area (Å²) in [5.41, 5.74) is 0.628. The topological polar surface area (TPSA) is 92.2 Å². The van der Waals surface area contributed by atoms with Crippen LogP contribution in [0.1, 0.15) is 61.4 Å². The zero-order valence-corrected chi connectivity index (χ0v) is 16.3. The van der Waals surface area contributed by atoms with E-state index in [1.165, 1.54) is 11.3 Å². The smallest absolute Gasteiger partial charge is 0.303 e. The molecule has 1 aromatic heterocycles. The van der Waals surface area contributed by atoms with Gasteiger partial charge in [0.25, 0.3) is 0 Å². The Morgan fingerprint density at radius 3 is 2.52 bits per heavy atom. The molecule has 0 radical (unpaired) electrons. The van der Waals surface area contributed by atoms with Crippen molar-refractivity contribution >= 4 is 28.3 Å². The minimum absolute atomic E-state index is 0.00703. The summed E-state index contributed by atoms with van der Waals surface area (Å²) in [5.74, 6) is -0.764. The van der Waals surface area contributed by atoms with E-state index < -0.39 is 11.4 Å². The molecular weight excluding hydrogens is 362 g/mol. The number of benzene rings is 1. The van der Waals surface area contributed by atoms with Crippen LogP contribution in [0.4, 0.5) is 5.13 Å². The number of carbonyl (C=O) groups is 2. The molecule has 7 heteroatoms. The standard InChI is InChI=1S/C20H25N3O3S/c1-14-22-23-19(27-14)21-18(26)20(11-5-6-12-20)13-16(9-10-17(24)25)15-7-3-2-4-8-15/h2-4,7-8,16H,5-6,9-13H2,1H3,(H,24,25)(H,21,23,26). The number of carbonyl (C=O) groups excluding carboxylic acids is 1. The molecule has 1 atom stereocenters. The molecule has 0 bridgehead atoms. The molecule has 3 rings (SSSR count). The van der Waals surface area contributed by atoms with E-state index in [4.69, 9.17) is 5.11 Å². The number of hydrogen-bond acceptors (Lipinski definition) is 5. The molecule has 1 fully saturated rings. The van der Waals surface area contributed by atoms with Gasteiger partial charge in [0, 0.05) is 6.42 Å². The maximum atomic E-state index is 13.2. The van der Waals surface area contributed by atoms with Crippen molar-refractivity contribution < 1.29 is 14.7 Å². The van der Waals surface area contributed by atoms with Gasteiger partial charge in [-0.25, -0.2) is 0 Å². The van der Waals surface area contributed by atoms with E-state index in [2.05, 4.69) is 15.5 Å². The largest absolute Gasteiger partial charge is 0.481 e. The highest BCUT2D eigenvalue weighted by Crippen LogP contribution is 2.47.